The molecule has 1 N–H and O–H groups in total. The third-order valence-corrected chi connectivity index (χ3v) is 8.30. The zero-order valence-corrected chi connectivity index (χ0v) is 21.8. The van der Waals surface area contributed by atoms with Gasteiger partial charge in [-0.3, -0.25) is 9.59 Å². The van der Waals surface area contributed by atoms with Crippen molar-refractivity contribution in [2.24, 2.45) is 11.8 Å². The molecule has 38 heavy (non-hydrogen) atoms. The summed E-state index contributed by atoms with van der Waals surface area (Å²) in [6.45, 7) is 0. The zero-order chi connectivity index (χ0) is 26.6. The van der Waals surface area contributed by atoms with Crippen molar-refractivity contribution in [3.05, 3.63) is 95.6 Å². The van der Waals surface area contributed by atoms with Crippen LogP contribution < -0.4 is 9.47 Å². The number of benzene rings is 3. The summed E-state index contributed by atoms with van der Waals surface area (Å²) in [7, 11) is 3.12. The highest BCUT2D eigenvalue weighted by Gasteiger charge is 2.60. The number of carbonyl (C=O) groups is 2. The van der Waals surface area contributed by atoms with Crippen molar-refractivity contribution in [2.45, 2.75) is 49.5 Å². The first kappa shape index (κ1) is 25.8. The van der Waals surface area contributed by atoms with Crippen LogP contribution in [0.2, 0.25) is 0 Å². The van der Waals surface area contributed by atoms with Gasteiger partial charge in [0.1, 0.15) is 17.6 Å². The van der Waals surface area contributed by atoms with E-state index in [1.165, 1.54) is 5.56 Å². The molecule has 1 unspecified atom stereocenters. The molecule has 3 aromatic carbocycles. The highest BCUT2D eigenvalue weighted by atomic mass is 16.5. The fourth-order valence-electron chi connectivity index (χ4n) is 6.55. The van der Waals surface area contributed by atoms with E-state index in [1.807, 2.05) is 54.6 Å². The number of carbonyl (C=O) groups excluding carboxylic acids is 1. The Kier molecular flexibility index (Phi) is 7.68. The average Bonchev–Trinajstić information content (AvgIpc) is 2.93. The summed E-state index contributed by atoms with van der Waals surface area (Å²) in [5.41, 5.74) is 2.59. The van der Waals surface area contributed by atoms with Crippen LogP contribution in [0.4, 0.5) is 0 Å². The first-order valence-electron chi connectivity index (χ1n) is 13.3. The third-order valence-electron chi connectivity index (χ3n) is 8.30. The van der Waals surface area contributed by atoms with Gasteiger partial charge in [-0.1, -0.05) is 73.2 Å². The molecule has 0 amide bonds. The first-order valence-corrected chi connectivity index (χ1v) is 13.3. The van der Waals surface area contributed by atoms with E-state index in [0.717, 1.165) is 25.7 Å². The summed E-state index contributed by atoms with van der Waals surface area (Å²) >= 11 is 0. The smallest absolute Gasteiger partial charge is 0.310 e. The van der Waals surface area contributed by atoms with Crippen LogP contribution in [-0.4, -0.2) is 37.4 Å². The molecule has 0 saturated heterocycles. The van der Waals surface area contributed by atoms with Gasteiger partial charge in [-0.25, -0.2) is 0 Å². The summed E-state index contributed by atoms with van der Waals surface area (Å²) in [5.74, 6) is -2.77. The molecule has 5 rings (SSSR count). The van der Waals surface area contributed by atoms with Crippen molar-refractivity contribution < 1.29 is 28.9 Å². The van der Waals surface area contributed by atoms with Crippen molar-refractivity contribution in [3.8, 4) is 11.5 Å². The first-order chi connectivity index (χ1) is 18.5. The number of carboxylic acids is 1. The quantitative estimate of drug-likeness (QED) is 0.362. The summed E-state index contributed by atoms with van der Waals surface area (Å²) in [4.78, 5) is 26.8. The van der Waals surface area contributed by atoms with E-state index in [1.54, 1.807) is 26.4 Å². The Morgan fingerprint density at radius 3 is 1.79 bits per heavy atom. The van der Waals surface area contributed by atoms with Gasteiger partial charge < -0.3 is 19.3 Å². The number of esters is 1. The lowest BCUT2D eigenvalue weighted by atomic mass is 9.52. The highest BCUT2D eigenvalue weighted by Crippen LogP contribution is 2.61. The molecule has 0 aliphatic heterocycles. The minimum absolute atomic E-state index is 0.124. The van der Waals surface area contributed by atoms with Crippen LogP contribution in [0.5, 0.6) is 11.5 Å². The lowest BCUT2D eigenvalue weighted by Gasteiger charge is -2.50. The molecule has 0 spiro atoms. The molecule has 2 saturated carbocycles. The van der Waals surface area contributed by atoms with E-state index in [2.05, 4.69) is 12.1 Å². The molecule has 4 atom stereocenters. The Hall–Kier alpha value is -3.80. The molecular weight excluding hydrogens is 480 g/mol. The molecule has 6 heteroatoms. The number of hydrogen-bond donors (Lipinski definition) is 1. The predicted octanol–water partition coefficient (Wildman–Crippen LogP) is 6.17. The Morgan fingerprint density at radius 2 is 1.24 bits per heavy atom. The van der Waals surface area contributed by atoms with E-state index < -0.39 is 29.6 Å². The number of carboxylic acid groups (broad SMARTS) is 1. The zero-order valence-electron chi connectivity index (χ0n) is 21.8. The Bertz CT molecular complexity index is 1220. The van der Waals surface area contributed by atoms with Crippen LogP contribution in [-0.2, 0) is 14.3 Å². The molecule has 2 aliphatic carbocycles. The van der Waals surface area contributed by atoms with Crippen molar-refractivity contribution in [1.82, 2.24) is 0 Å². The van der Waals surface area contributed by atoms with Crippen LogP contribution in [0, 0.1) is 11.8 Å². The lowest BCUT2D eigenvalue weighted by Crippen LogP contribution is -2.52. The average molecular weight is 515 g/mol. The Morgan fingerprint density at radius 1 is 0.711 bits per heavy atom. The molecule has 6 nitrogen and oxygen atoms in total. The number of rotatable bonds is 8. The fourth-order valence-corrected chi connectivity index (χ4v) is 6.55. The molecular formula is C32H34O6. The van der Waals surface area contributed by atoms with Crippen LogP contribution in [0.3, 0.4) is 0 Å². The molecule has 0 aromatic heterocycles. The predicted molar refractivity (Wildman–Crippen MR) is 144 cm³/mol. The number of methoxy groups -OCH3 is 2. The molecule has 0 heterocycles. The molecule has 0 bridgehead atoms. The monoisotopic (exact) mass is 514 g/mol. The van der Waals surface area contributed by atoms with Crippen molar-refractivity contribution >= 4 is 11.9 Å². The lowest BCUT2D eigenvalue weighted by molar-refractivity contribution is -0.170. The second kappa shape index (κ2) is 11.3. The van der Waals surface area contributed by atoms with Crippen molar-refractivity contribution in [2.75, 3.05) is 14.2 Å². The van der Waals surface area contributed by atoms with Crippen molar-refractivity contribution in [1.29, 1.82) is 0 Å². The number of hydrogen-bond acceptors (Lipinski definition) is 5. The molecule has 3 aromatic rings. The van der Waals surface area contributed by atoms with E-state index in [-0.39, 0.29) is 18.0 Å². The van der Waals surface area contributed by atoms with Gasteiger partial charge in [0.25, 0.3) is 0 Å². The molecule has 2 fully saturated rings. The summed E-state index contributed by atoms with van der Waals surface area (Å²) < 4.78 is 17.5. The van der Waals surface area contributed by atoms with Crippen LogP contribution >= 0.6 is 0 Å². The van der Waals surface area contributed by atoms with E-state index in [0.29, 0.717) is 22.6 Å². The summed E-state index contributed by atoms with van der Waals surface area (Å²) in [5, 5.41) is 10.4. The van der Waals surface area contributed by atoms with Gasteiger partial charge in [0.05, 0.1) is 26.1 Å². The number of ether oxygens (including phenoxy) is 3. The normalized spacial score (nSPS) is 26.6. The van der Waals surface area contributed by atoms with E-state index >= 15 is 0 Å². The van der Waals surface area contributed by atoms with Crippen molar-refractivity contribution in [3.63, 3.8) is 0 Å². The van der Waals surface area contributed by atoms with E-state index in [4.69, 9.17) is 14.2 Å². The maximum absolute atomic E-state index is 14.1. The Labute approximate surface area is 223 Å². The highest BCUT2D eigenvalue weighted by molar-refractivity contribution is 5.85. The van der Waals surface area contributed by atoms with E-state index in [9.17, 15) is 14.7 Å². The van der Waals surface area contributed by atoms with Gasteiger partial charge in [0.2, 0.25) is 0 Å². The maximum atomic E-state index is 14.1. The minimum Gasteiger partial charge on any atom is -0.496 e. The summed E-state index contributed by atoms with van der Waals surface area (Å²) in [6.07, 6.45) is 3.58. The second-order valence-corrected chi connectivity index (χ2v) is 10.2. The largest absolute Gasteiger partial charge is 0.496 e. The van der Waals surface area contributed by atoms with Gasteiger partial charge in [-0.05, 0) is 48.1 Å². The second-order valence-electron chi connectivity index (χ2n) is 10.2. The fraction of sp³-hybridized carbons (Fsp3) is 0.375. The SMILES string of the molecule is COc1ccccc1[C@H]1C(C(=O)O)[C@H](c2ccccc2OC)C1C(=O)OC1CCCC[C@H]1c1ccccc1. The topological polar surface area (TPSA) is 82.1 Å². The van der Waals surface area contributed by atoms with Gasteiger partial charge in [-0.15, -0.1) is 0 Å². The molecule has 198 valence electrons. The molecule has 2 aliphatic rings. The number of aliphatic carboxylic acids is 1. The van der Waals surface area contributed by atoms with Crippen LogP contribution in [0.1, 0.15) is 60.1 Å². The standard InChI is InChI=1S/C32H34O6/c1-36-24-17-9-7-15-22(24)27-29(31(33)34)28(23-16-8-10-18-25(23)37-2)30(27)32(35)38-26-19-11-6-14-21(26)20-12-4-3-5-13-20/h3-5,7-10,12-13,15-18,21,26-30H,6,11,14,19H2,1-2H3,(H,33,34)/t21-,26?,27-,28-,29?,30?/m0/s1. The Balaban J connectivity index is 1.54. The van der Waals surface area contributed by atoms with Crippen LogP contribution in [0.25, 0.3) is 0 Å². The summed E-state index contributed by atoms with van der Waals surface area (Å²) in [6, 6.07) is 24.9. The number of para-hydroxylation sites is 2. The van der Waals surface area contributed by atoms with Gasteiger partial charge in [0.15, 0.2) is 0 Å². The maximum Gasteiger partial charge on any atom is 0.310 e. The van der Waals surface area contributed by atoms with Gasteiger partial charge in [0, 0.05) is 17.8 Å². The third kappa shape index (κ3) is 4.75. The van der Waals surface area contributed by atoms with Crippen LogP contribution in [0.15, 0.2) is 78.9 Å². The van der Waals surface area contributed by atoms with Gasteiger partial charge in [-0.2, -0.15) is 0 Å². The van der Waals surface area contributed by atoms with Gasteiger partial charge >= 0.3 is 11.9 Å². The minimum atomic E-state index is -0.958. The molecule has 0 radical (unpaired) electrons.